The van der Waals surface area contributed by atoms with Crippen molar-refractivity contribution in [3.63, 3.8) is 0 Å². The normalized spacial score (nSPS) is 14.8. The maximum atomic E-state index is 13.1. The molecule has 2 aliphatic rings. The number of fused-ring (bicyclic) bond motifs is 2. The van der Waals surface area contributed by atoms with Gasteiger partial charge >= 0.3 is 0 Å². The lowest BCUT2D eigenvalue weighted by Crippen LogP contribution is -2.34. The van der Waals surface area contributed by atoms with Crippen LogP contribution in [0.3, 0.4) is 0 Å². The lowest BCUT2D eigenvalue weighted by Gasteiger charge is -2.18. The third kappa shape index (κ3) is 6.32. The van der Waals surface area contributed by atoms with Crippen LogP contribution >= 0.6 is 11.9 Å². The molecule has 2 aromatic carbocycles. The Labute approximate surface area is 252 Å². The molecule has 8 nitrogen and oxygen atoms in total. The van der Waals surface area contributed by atoms with E-state index in [0.717, 1.165) is 60.0 Å². The highest BCUT2D eigenvalue weighted by atomic mass is 32.2. The van der Waals surface area contributed by atoms with Crippen LogP contribution in [0.4, 0.5) is 11.4 Å². The number of carbonyl (C=O) groups is 3. The van der Waals surface area contributed by atoms with Crippen LogP contribution in [0.2, 0.25) is 0 Å². The molecule has 0 fully saturated rings. The minimum Gasteiger partial charge on any atom is -0.358 e. The van der Waals surface area contributed by atoms with Crippen molar-refractivity contribution in [2.75, 3.05) is 42.3 Å². The van der Waals surface area contributed by atoms with E-state index in [1.807, 2.05) is 25.1 Å². The van der Waals surface area contributed by atoms with E-state index in [4.69, 9.17) is 0 Å². The second kappa shape index (κ2) is 13.0. The van der Waals surface area contributed by atoms with Crippen molar-refractivity contribution in [1.29, 1.82) is 0 Å². The van der Waals surface area contributed by atoms with Crippen molar-refractivity contribution >= 4 is 52.6 Å². The summed E-state index contributed by atoms with van der Waals surface area (Å²) < 4.78 is 2.29. The van der Waals surface area contributed by atoms with Crippen LogP contribution in [0.5, 0.6) is 0 Å². The number of likely N-dealkylation sites (N-methyl/N-ethyl adjacent to an activating group) is 1. The molecular formula is C33H39N5O3S. The van der Waals surface area contributed by atoms with E-state index < -0.39 is 0 Å². The molecule has 220 valence electrons. The summed E-state index contributed by atoms with van der Waals surface area (Å²) in [5.41, 5.74) is 7.50. The number of amides is 2. The second-order valence-electron chi connectivity index (χ2n) is 10.7. The summed E-state index contributed by atoms with van der Waals surface area (Å²) in [4.78, 5) is 45.1. The fraction of sp³-hybridized carbons (Fsp3) is 0.364. The largest absolute Gasteiger partial charge is 0.358 e. The molecule has 5 rings (SSSR count). The number of anilines is 2. The minimum atomic E-state index is -0.185. The van der Waals surface area contributed by atoms with Gasteiger partial charge in [0.15, 0.2) is 5.78 Å². The zero-order chi connectivity index (χ0) is 29.8. The van der Waals surface area contributed by atoms with Gasteiger partial charge in [-0.3, -0.25) is 14.4 Å². The number of para-hydroxylation sites is 1. The number of aromatic nitrogens is 1. The van der Waals surface area contributed by atoms with Crippen LogP contribution < -0.4 is 14.9 Å². The second-order valence-corrected chi connectivity index (χ2v) is 11.8. The smallest absolute Gasteiger partial charge is 0.256 e. The van der Waals surface area contributed by atoms with Crippen molar-refractivity contribution < 1.29 is 14.4 Å². The van der Waals surface area contributed by atoms with E-state index >= 15 is 0 Å². The molecule has 0 unspecified atom stereocenters. The number of aryl methyl sites for hydroxylation is 1. The van der Waals surface area contributed by atoms with Gasteiger partial charge in [0.2, 0.25) is 5.91 Å². The molecule has 9 heteroatoms. The number of nitrogens with one attached hydrogen (secondary N) is 3. The lowest BCUT2D eigenvalue weighted by atomic mass is 9.98. The Kier molecular flexibility index (Phi) is 9.18. The fourth-order valence-corrected chi connectivity index (χ4v) is 6.84. The first kappa shape index (κ1) is 29.7. The Bertz CT molecular complexity index is 1540. The number of hydrogen-bond acceptors (Lipinski definition) is 6. The third-order valence-corrected chi connectivity index (χ3v) is 9.11. The number of hydrogen-bond donors (Lipinski definition) is 3. The average molecular weight is 586 g/mol. The van der Waals surface area contributed by atoms with Crippen LogP contribution in [0.25, 0.3) is 11.6 Å². The molecule has 0 aliphatic carbocycles. The van der Waals surface area contributed by atoms with Crippen molar-refractivity contribution in [3.8, 4) is 0 Å². The predicted octanol–water partition coefficient (Wildman–Crippen LogP) is 5.48. The number of nitrogens with zero attached hydrogens (tertiary/aromatic N) is 2. The summed E-state index contributed by atoms with van der Waals surface area (Å²) >= 11 is 1.67. The van der Waals surface area contributed by atoms with Crippen LogP contribution in [0, 0.1) is 6.92 Å². The van der Waals surface area contributed by atoms with Gasteiger partial charge in [0, 0.05) is 59.2 Å². The lowest BCUT2D eigenvalue weighted by molar-refractivity contribution is -0.121. The van der Waals surface area contributed by atoms with Crippen LogP contribution in [-0.4, -0.2) is 60.2 Å². The molecule has 42 heavy (non-hydrogen) atoms. The number of benzene rings is 2. The van der Waals surface area contributed by atoms with Crippen molar-refractivity contribution in [2.45, 2.75) is 51.9 Å². The zero-order valence-electron chi connectivity index (χ0n) is 24.8. The molecule has 0 saturated carbocycles. The van der Waals surface area contributed by atoms with E-state index in [9.17, 15) is 14.4 Å². The van der Waals surface area contributed by atoms with Crippen molar-refractivity contribution in [3.05, 3.63) is 76.1 Å². The summed E-state index contributed by atoms with van der Waals surface area (Å²) in [5, 5.41) is 5.98. The summed E-state index contributed by atoms with van der Waals surface area (Å²) in [5.74, 6) is -0.301. The highest BCUT2D eigenvalue weighted by Crippen LogP contribution is 2.40. The molecule has 3 N–H and O–H groups in total. The Balaban J connectivity index is 1.37. The third-order valence-electron chi connectivity index (χ3n) is 8.05. The van der Waals surface area contributed by atoms with Gasteiger partial charge in [0.1, 0.15) is 0 Å². The average Bonchev–Trinajstić information content (AvgIpc) is 3.63. The van der Waals surface area contributed by atoms with Crippen LogP contribution in [-0.2, 0) is 22.4 Å². The molecule has 0 radical (unpaired) electrons. The monoisotopic (exact) mass is 585 g/mol. The van der Waals surface area contributed by atoms with Crippen LogP contribution in [0.1, 0.15) is 65.6 Å². The number of carbonyl (C=O) groups excluding carboxylic acids is 3. The first-order valence-corrected chi connectivity index (χ1v) is 15.5. The molecule has 2 aliphatic heterocycles. The molecule has 2 amide bonds. The maximum absolute atomic E-state index is 13.1. The topological polar surface area (TPSA) is 97.5 Å². The molecule has 3 heterocycles. The highest BCUT2D eigenvalue weighted by Gasteiger charge is 2.27. The highest BCUT2D eigenvalue weighted by molar-refractivity contribution is 8.00. The van der Waals surface area contributed by atoms with Crippen LogP contribution in [0.15, 0.2) is 47.4 Å². The van der Waals surface area contributed by atoms with Gasteiger partial charge in [-0.2, -0.15) is 0 Å². The first-order valence-electron chi connectivity index (χ1n) is 14.7. The Morgan fingerprint density at radius 1 is 1.14 bits per heavy atom. The van der Waals surface area contributed by atoms with Gasteiger partial charge < -0.3 is 24.8 Å². The Morgan fingerprint density at radius 3 is 2.69 bits per heavy atom. The van der Waals surface area contributed by atoms with Crippen molar-refractivity contribution in [1.82, 2.24) is 15.2 Å². The first-order chi connectivity index (χ1) is 20.3. The standard InChI is InChI=1S/C33H39N5O3S/c1-5-37(6-2)18-16-34-31(40)14-12-25-29(35-21(3)32(25)22(4)39)20-27-26-19-24(11-13-28(26)36-33(27)41)42-38-17-15-23-9-7-8-10-30(23)38/h7-11,13,19-20,35H,5-6,12,14-18H2,1-4H3,(H,34,40)(H,36,41)/b27-20-. The van der Waals surface area contributed by atoms with Gasteiger partial charge in [0.25, 0.3) is 5.91 Å². The predicted molar refractivity (Wildman–Crippen MR) is 171 cm³/mol. The van der Waals surface area contributed by atoms with Crippen molar-refractivity contribution in [2.24, 2.45) is 0 Å². The molecular weight excluding hydrogens is 546 g/mol. The fourth-order valence-electron chi connectivity index (χ4n) is 5.82. The molecule has 1 aromatic heterocycles. The number of ketones is 1. The van der Waals surface area contributed by atoms with E-state index in [1.54, 1.807) is 18.9 Å². The van der Waals surface area contributed by atoms with Gasteiger partial charge in [0.05, 0.1) is 11.3 Å². The van der Waals surface area contributed by atoms with E-state index in [0.29, 0.717) is 29.8 Å². The zero-order valence-corrected chi connectivity index (χ0v) is 25.6. The van der Waals surface area contributed by atoms with Gasteiger partial charge in [-0.1, -0.05) is 32.0 Å². The molecule has 0 bridgehead atoms. The number of rotatable bonds is 12. The van der Waals surface area contributed by atoms with E-state index in [2.05, 4.69) is 69.0 Å². The van der Waals surface area contributed by atoms with E-state index in [1.165, 1.54) is 11.3 Å². The quantitative estimate of drug-likeness (QED) is 0.148. The van der Waals surface area contributed by atoms with Gasteiger partial charge in [-0.15, -0.1) is 0 Å². The minimum absolute atomic E-state index is 0.0526. The number of aromatic amines is 1. The van der Waals surface area contributed by atoms with Gasteiger partial charge in [-0.25, -0.2) is 0 Å². The summed E-state index contributed by atoms with van der Waals surface area (Å²) in [6.07, 6.45) is 3.50. The molecule has 0 saturated heterocycles. The Hall–Kier alpha value is -3.82. The SMILES string of the molecule is CCN(CC)CCNC(=O)CCc1c(/C=C2\C(=O)Nc3ccc(SN4CCc5ccccc54)cc32)[nH]c(C)c1C(C)=O. The Morgan fingerprint density at radius 2 is 1.93 bits per heavy atom. The van der Waals surface area contributed by atoms with Gasteiger partial charge in [-0.05, 0) is 93.2 Å². The number of H-pyrrole nitrogens is 1. The summed E-state index contributed by atoms with van der Waals surface area (Å²) in [6.45, 7) is 11.8. The number of Topliss-reactive ketones (excluding diaryl/α,β-unsaturated/α-hetero) is 1. The summed E-state index contributed by atoms with van der Waals surface area (Å²) in [7, 11) is 0. The van der Waals surface area contributed by atoms with E-state index in [-0.39, 0.29) is 24.0 Å². The maximum Gasteiger partial charge on any atom is 0.256 e. The summed E-state index contributed by atoms with van der Waals surface area (Å²) in [6, 6.07) is 14.5. The molecule has 3 aromatic rings. The molecule has 0 spiro atoms. The molecule has 0 atom stereocenters.